The summed E-state index contributed by atoms with van der Waals surface area (Å²) < 4.78 is 11.7. The monoisotopic (exact) mass is 270 g/mol. The number of hydrogen-bond acceptors (Lipinski definition) is 3. The van der Waals surface area contributed by atoms with Crippen LogP contribution in [-0.4, -0.2) is 17.8 Å². The van der Waals surface area contributed by atoms with Gasteiger partial charge >= 0.3 is 0 Å². The molecule has 0 spiro atoms. The van der Waals surface area contributed by atoms with Crippen LogP contribution in [0.4, 0.5) is 0 Å². The maximum absolute atomic E-state index is 9.37. The number of benzene rings is 2. The Morgan fingerprint density at radius 3 is 2.85 bits per heavy atom. The van der Waals surface area contributed by atoms with E-state index in [1.54, 1.807) is 0 Å². The first-order chi connectivity index (χ1) is 9.78. The summed E-state index contributed by atoms with van der Waals surface area (Å²) in [6.07, 6.45) is 0.912. The Labute approximate surface area is 118 Å². The first-order valence-corrected chi connectivity index (χ1v) is 6.84. The van der Waals surface area contributed by atoms with Crippen molar-refractivity contribution in [2.75, 3.05) is 6.61 Å². The number of aryl methyl sites for hydroxylation is 1. The predicted octanol–water partition coefficient (Wildman–Crippen LogP) is 2.87. The topological polar surface area (TPSA) is 38.7 Å². The zero-order valence-corrected chi connectivity index (χ0v) is 11.5. The van der Waals surface area contributed by atoms with Crippen LogP contribution in [0.1, 0.15) is 16.7 Å². The molecule has 1 aliphatic rings. The van der Waals surface area contributed by atoms with Crippen LogP contribution in [0.25, 0.3) is 0 Å². The third kappa shape index (κ3) is 2.49. The highest BCUT2D eigenvalue weighted by atomic mass is 16.5. The Balaban J connectivity index is 1.67. The average molecular weight is 270 g/mol. The second-order valence-corrected chi connectivity index (χ2v) is 5.08. The van der Waals surface area contributed by atoms with Crippen LogP contribution in [-0.2, 0) is 13.0 Å². The number of hydrogen-bond donors (Lipinski definition) is 1. The van der Waals surface area contributed by atoms with Gasteiger partial charge in [-0.2, -0.15) is 0 Å². The van der Waals surface area contributed by atoms with Gasteiger partial charge < -0.3 is 14.6 Å². The number of para-hydroxylation sites is 2. The van der Waals surface area contributed by atoms with E-state index in [0.29, 0.717) is 6.61 Å². The summed E-state index contributed by atoms with van der Waals surface area (Å²) in [5.74, 6) is 1.72. The van der Waals surface area contributed by atoms with Crippen LogP contribution in [0, 0.1) is 6.92 Å². The summed E-state index contributed by atoms with van der Waals surface area (Å²) in [5.41, 5.74) is 3.08. The number of fused-ring (bicyclic) bond motifs is 1. The molecule has 3 rings (SSSR count). The Kier molecular flexibility index (Phi) is 3.61. The summed E-state index contributed by atoms with van der Waals surface area (Å²) in [6.45, 7) is 2.47. The van der Waals surface area contributed by atoms with E-state index in [-0.39, 0.29) is 12.7 Å². The quantitative estimate of drug-likeness (QED) is 0.928. The number of aliphatic hydroxyl groups excluding tert-OH is 1. The van der Waals surface area contributed by atoms with Gasteiger partial charge in [0, 0.05) is 12.0 Å². The van der Waals surface area contributed by atoms with Crippen LogP contribution < -0.4 is 9.47 Å². The van der Waals surface area contributed by atoms with Gasteiger partial charge in [-0.15, -0.1) is 0 Å². The van der Waals surface area contributed by atoms with E-state index in [9.17, 15) is 5.11 Å². The molecule has 1 heterocycles. The largest absolute Gasteiger partial charge is 0.489 e. The molecule has 3 heteroatoms. The normalized spacial score (nSPS) is 16.6. The van der Waals surface area contributed by atoms with Gasteiger partial charge in [-0.1, -0.05) is 36.4 Å². The van der Waals surface area contributed by atoms with Gasteiger partial charge in [0.05, 0.1) is 6.61 Å². The minimum Gasteiger partial charge on any atom is -0.489 e. The second kappa shape index (κ2) is 5.55. The van der Waals surface area contributed by atoms with Crippen molar-refractivity contribution in [3.63, 3.8) is 0 Å². The SMILES string of the molecule is Cc1cccc(CO)c1OCC1Cc2ccccc2O1. The highest BCUT2D eigenvalue weighted by molar-refractivity contribution is 5.41. The summed E-state index contributed by atoms with van der Waals surface area (Å²) in [4.78, 5) is 0. The predicted molar refractivity (Wildman–Crippen MR) is 77.2 cm³/mol. The van der Waals surface area contributed by atoms with Crippen LogP contribution in [0.15, 0.2) is 42.5 Å². The number of ether oxygens (including phenoxy) is 2. The third-order valence-electron chi connectivity index (χ3n) is 3.59. The molecule has 1 atom stereocenters. The van der Waals surface area contributed by atoms with Crippen molar-refractivity contribution in [3.8, 4) is 11.5 Å². The molecule has 1 unspecified atom stereocenters. The van der Waals surface area contributed by atoms with Crippen molar-refractivity contribution in [1.82, 2.24) is 0 Å². The van der Waals surface area contributed by atoms with Gasteiger partial charge in [0.15, 0.2) is 0 Å². The van der Waals surface area contributed by atoms with Crippen molar-refractivity contribution >= 4 is 0 Å². The molecule has 0 aliphatic carbocycles. The molecule has 0 amide bonds. The van der Waals surface area contributed by atoms with E-state index in [4.69, 9.17) is 9.47 Å². The maximum atomic E-state index is 9.37. The molecular formula is C17H18O3. The lowest BCUT2D eigenvalue weighted by atomic mass is 10.1. The fourth-order valence-corrected chi connectivity index (χ4v) is 2.57. The van der Waals surface area contributed by atoms with Crippen LogP contribution in [0.3, 0.4) is 0 Å². The van der Waals surface area contributed by atoms with Crippen molar-refractivity contribution in [2.24, 2.45) is 0 Å². The molecular weight excluding hydrogens is 252 g/mol. The smallest absolute Gasteiger partial charge is 0.137 e. The molecule has 3 nitrogen and oxygen atoms in total. The second-order valence-electron chi connectivity index (χ2n) is 5.08. The molecule has 0 saturated carbocycles. The Morgan fingerprint density at radius 1 is 1.20 bits per heavy atom. The lowest BCUT2D eigenvalue weighted by molar-refractivity contribution is 0.145. The van der Waals surface area contributed by atoms with Crippen LogP contribution in [0.5, 0.6) is 11.5 Å². The highest BCUT2D eigenvalue weighted by Crippen LogP contribution is 2.29. The van der Waals surface area contributed by atoms with Crippen LogP contribution in [0.2, 0.25) is 0 Å². The zero-order chi connectivity index (χ0) is 13.9. The summed E-state index contributed by atoms with van der Waals surface area (Å²) in [7, 11) is 0. The van der Waals surface area contributed by atoms with Crippen molar-refractivity contribution < 1.29 is 14.6 Å². The van der Waals surface area contributed by atoms with E-state index < -0.39 is 0 Å². The Bertz CT molecular complexity index is 582. The lowest BCUT2D eigenvalue weighted by Crippen LogP contribution is -2.23. The maximum Gasteiger partial charge on any atom is 0.137 e. The Morgan fingerprint density at radius 2 is 2.05 bits per heavy atom. The molecule has 0 saturated heterocycles. The number of rotatable bonds is 4. The first kappa shape index (κ1) is 13.0. The van der Waals surface area contributed by atoms with E-state index in [2.05, 4.69) is 6.07 Å². The van der Waals surface area contributed by atoms with Crippen molar-refractivity contribution in [3.05, 3.63) is 59.2 Å². The van der Waals surface area contributed by atoms with Gasteiger partial charge in [-0.25, -0.2) is 0 Å². The molecule has 0 fully saturated rings. The van der Waals surface area contributed by atoms with Gasteiger partial charge in [0.25, 0.3) is 0 Å². The molecule has 0 radical (unpaired) electrons. The summed E-state index contributed by atoms with van der Waals surface area (Å²) in [6, 6.07) is 13.9. The van der Waals surface area contributed by atoms with E-state index in [1.807, 2.05) is 43.3 Å². The van der Waals surface area contributed by atoms with E-state index >= 15 is 0 Å². The minimum absolute atomic E-state index is 0.0111. The minimum atomic E-state index is -0.0111. The molecule has 0 aromatic heterocycles. The number of aliphatic hydroxyl groups is 1. The van der Waals surface area contributed by atoms with Crippen molar-refractivity contribution in [2.45, 2.75) is 26.1 Å². The molecule has 20 heavy (non-hydrogen) atoms. The lowest BCUT2D eigenvalue weighted by Gasteiger charge is -2.16. The van der Waals surface area contributed by atoms with Crippen LogP contribution >= 0.6 is 0 Å². The average Bonchev–Trinajstić information content (AvgIpc) is 2.88. The molecule has 0 bridgehead atoms. The Hall–Kier alpha value is -2.00. The highest BCUT2D eigenvalue weighted by Gasteiger charge is 2.23. The summed E-state index contributed by atoms with van der Waals surface area (Å²) >= 11 is 0. The zero-order valence-electron chi connectivity index (χ0n) is 11.5. The first-order valence-electron chi connectivity index (χ1n) is 6.84. The fraction of sp³-hybridized carbons (Fsp3) is 0.294. The summed E-state index contributed by atoms with van der Waals surface area (Å²) in [5, 5.41) is 9.37. The van der Waals surface area contributed by atoms with Gasteiger partial charge in [0.2, 0.25) is 0 Å². The fourth-order valence-electron chi connectivity index (χ4n) is 2.57. The third-order valence-corrected chi connectivity index (χ3v) is 3.59. The van der Waals surface area contributed by atoms with E-state index in [0.717, 1.165) is 29.0 Å². The molecule has 2 aromatic carbocycles. The van der Waals surface area contributed by atoms with E-state index in [1.165, 1.54) is 5.56 Å². The van der Waals surface area contributed by atoms with Crippen molar-refractivity contribution in [1.29, 1.82) is 0 Å². The molecule has 2 aromatic rings. The molecule has 1 N–H and O–H groups in total. The standard InChI is InChI=1S/C17H18O3/c1-12-5-4-7-14(10-18)17(12)19-11-15-9-13-6-2-3-8-16(13)20-15/h2-8,15,18H,9-11H2,1H3. The van der Waals surface area contributed by atoms with Gasteiger partial charge in [0.1, 0.15) is 24.2 Å². The van der Waals surface area contributed by atoms with Gasteiger partial charge in [-0.05, 0) is 24.1 Å². The van der Waals surface area contributed by atoms with Gasteiger partial charge in [-0.3, -0.25) is 0 Å². The molecule has 104 valence electrons. The molecule has 1 aliphatic heterocycles.